The Hall–Kier alpha value is -3.16. The lowest BCUT2D eigenvalue weighted by molar-refractivity contribution is -0.274. The maximum absolute atomic E-state index is 12.4. The van der Waals surface area contributed by atoms with Gasteiger partial charge in [-0.15, -0.1) is 13.2 Å². The van der Waals surface area contributed by atoms with Gasteiger partial charge in [-0.2, -0.15) is 0 Å². The highest BCUT2D eigenvalue weighted by atomic mass is 19.4. The molecule has 2 heterocycles. The smallest absolute Gasteiger partial charge is 0.497 e. The third-order valence-corrected chi connectivity index (χ3v) is 4.11. The number of nitrogens with zero attached hydrogens (tertiary/aromatic N) is 1. The maximum atomic E-state index is 12.4. The van der Waals surface area contributed by atoms with Crippen molar-refractivity contribution < 1.29 is 27.2 Å². The SMILES string of the molecule is COc1ccc2c(-c3c(C)[nH]c4cc(OC(F)(F)F)ccc34)noc2c1. The summed E-state index contributed by atoms with van der Waals surface area (Å²) in [7, 11) is 1.56. The number of aromatic amines is 1. The van der Waals surface area contributed by atoms with Crippen molar-refractivity contribution in [1.82, 2.24) is 10.1 Å². The average Bonchev–Trinajstić information content (AvgIpc) is 3.11. The molecule has 4 rings (SSSR count). The number of aryl methyl sites for hydroxylation is 1. The first-order valence-electron chi connectivity index (χ1n) is 7.67. The highest BCUT2D eigenvalue weighted by Gasteiger charge is 2.31. The molecule has 0 saturated heterocycles. The standard InChI is InChI=1S/C18H13F3N2O3/c1-9-16(17-13-6-3-10(24-2)8-15(13)26-23-17)12-5-4-11(7-14(12)22-9)25-18(19,20)21/h3-8,22H,1-2H3. The molecule has 4 aromatic rings. The largest absolute Gasteiger partial charge is 0.573 e. The van der Waals surface area contributed by atoms with Crippen molar-refractivity contribution in [2.75, 3.05) is 7.11 Å². The van der Waals surface area contributed by atoms with Gasteiger partial charge in [0.1, 0.15) is 17.2 Å². The Balaban J connectivity index is 1.85. The van der Waals surface area contributed by atoms with E-state index in [0.717, 1.165) is 22.0 Å². The number of nitrogens with one attached hydrogen (secondary N) is 1. The molecule has 26 heavy (non-hydrogen) atoms. The fourth-order valence-corrected chi connectivity index (χ4v) is 3.04. The Bertz CT molecular complexity index is 1110. The van der Waals surface area contributed by atoms with Crippen molar-refractivity contribution in [2.24, 2.45) is 0 Å². The van der Waals surface area contributed by atoms with Gasteiger partial charge in [0, 0.05) is 34.3 Å². The fraction of sp³-hybridized carbons (Fsp3) is 0.167. The molecule has 0 unspecified atom stereocenters. The van der Waals surface area contributed by atoms with E-state index in [1.807, 2.05) is 13.0 Å². The van der Waals surface area contributed by atoms with Crippen LogP contribution in [0.25, 0.3) is 33.1 Å². The van der Waals surface area contributed by atoms with E-state index in [0.29, 0.717) is 22.5 Å². The Labute approximate surface area is 145 Å². The molecular weight excluding hydrogens is 349 g/mol. The summed E-state index contributed by atoms with van der Waals surface area (Å²) in [4.78, 5) is 3.08. The van der Waals surface area contributed by atoms with Gasteiger partial charge in [-0.3, -0.25) is 0 Å². The van der Waals surface area contributed by atoms with Crippen LogP contribution in [-0.4, -0.2) is 23.6 Å². The first kappa shape index (κ1) is 16.3. The Morgan fingerprint density at radius 1 is 1.04 bits per heavy atom. The minimum Gasteiger partial charge on any atom is -0.497 e. The van der Waals surface area contributed by atoms with Crippen molar-refractivity contribution in [2.45, 2.75) is 13.3 Å². The predicted molar refractivity (Wildman–Crippen MR) is 89.3 cm³/mol. The average molecular weight is 362 g/mol. The van der Waals surface area contributed by atoms with E-state index >= 15 is 0 Å². The Kier molecular flexibility index (Phi) is 3.57. The summed E-state index contributed by atoms with van der Waals surface area (Å²) in [5.74, 6) is 0.359. The second kappa shape index (κ2) is 5.69. The number of H-pyrrole nitrogens is 1. The number of aromatic nitrogens is 2. The van der Waals surface area contributed by atoms with E-state index in [4.69, 9.17) is 9.26 Å². The molecule has 134 valence electrons. The molecule has 2 aromatic heterocycles. The minimum absolute atomic E-state index is 0.285. The van der Waals surface area contributed by atoms with Crippen molar-refractivity contribution in [3.05, 3.63) is 42.1 Å². The van der Waals surface area contributed by atoms with Gasteiger partial charge in [-0.1, -0.05) is 5.16 Å². The van der Waals surface area contributed by atoms with Gasteiger partial charge in [-0.25, -0.2) is 0 Å². The van der Waals surface area contributed by atoms with Crippen LogP contribution in [-0.2, 0) is 0 Å². The number of alkyl halides is 3. The van der Waals surface area contributed by atoms with E-state index in [2.05, 4.69) is 14.9 Å². The van der Waals surface area contributed by atoms with E-state index in [1.165, 1.54) is 12.1 Å². The second-order valence-corrected chi connectivity index (χ2v) is 5.77. The fourth-order valence-electron chi connectivity index (χ4n) is 3.04. The first-order valence-corrected chi connectivity index (χ1v) is 7.67. The number of rotatable bonds is 3. The molecular formula is C18H13F3N2O3. The summed E-state index contributed by atoms with van der Waals surface area (Å²) in [5, 5.41) is 5.65. The summed E-state index contributed by atoms with van der Waals surface area (Å²) in [5.41, 5.74) is 3.21. The number of hydrogen-bond acceptors (Lipinski definition) is 4. The van der Waals surface area contributed by atoms with Crippen LogP contribution >= 0.6 is 0 Å². The minimum atomic E-state index is -4.74. The zero-order valence-electron chi connectivity index (χ0n) is 13.8. The highest BCUT2D eigenvalue weighted by molar-refractivity contribution is 6.04. The number of ether oxygens (including phenoxy) is 2. The van der Waals surface area contributed by atoms with E-state index in [9.17, 15) is 13.2 Å². The van der Waals surface area contributed by atoms with Gasteiger partial charge in [0.25, 0.3) is 0 Å². The number of methoxy groups -OCH3 is 1. The molecule has 0 bridgehead atoms. The summed E-state index contributed by atoms with van der Waals surface area (Å²) in [6, 6.07) is 9.51. The first-order chi connectivity index (χ1) is 12.4. The van der Waals surface area contributed by atoms with Crippen LogP contribution in [0.15, 0.2) is 40.9 Å². The highest BCUT2D eigenvalue weighted by Crippen LogP contribution is 2.38. The van der Waals surface area contributed by atoms with Crippen LogP contribution in [0.2, 0.25) is 0 Å². The maximum Gasteiger partial charge on any atom is 0.573 e. The zero-order valence-corrected chi connectivity index (χ0v) is 13.8. The molecule has 1 N–H and O–H groups in total. The molecule has 0 aliphatic heterocycles. The monoisotopic (exact) mass is 362 g/mol. The van der Waals surface area contributed by atoms with Crippen molar-refractivity contribution in [1.29, 1.82) is 0 Å². The van der Waals surface area contributed by atoms with Gasteiger partial charge >= 0.3 is 6.36 Å². The second-order valence-electron chi connectivity index (χ2n) is 5.77. The normalized spacial score (nSPS) is 12.0. The Morgan fingerprint density at radius 2 is 1.77 bits per heavy atom. The van der Waals surface area contributed by atoms with Gasteiger partial charge in [0.05, 0.1) is 12.5 Å². The molecule has 0 aliphatic carbocycles. The molecule has 0 radical (unpaired) electrons. The molecule has 0 saturated carbocycles. The zero-order chi connectivity index (χ0) is 18.5. The number of hydrogen-bond donors (Lipinski definition) is 1. The predicted octanol–water partition coefficient (Wildman–Crippen LogP) is 5.19. The molecule has 2 aromatic carbocycles. The van der Waals surface area contributed by atoms with Crippen LogP contribution in [0.5, 0.6) is 11.5 Å². The van der Waals surface area contributed by atoms with Gasteiger partial charge in [0.2, 0.25) is 0 Å². The summed E-state index contributed by atoms with van der Waals surface area (Å²) < 4.78 is 51.8. The van der Waals surface area contributed by atoms with Crippen molar-refractivity contribution in [3.63, 3.8) is 0 Å². The molecule has 0 amide bonds. The van der Waals surface area contributed by atoms with Gasteiger partial charge < -0.3 is 19.0 Å². The van der Waals surface area contributed by atoms with Crippen LogP contribution in [0.4, 0.5) is 13.2 Å². The lowest BCUT2D eigenvalue weighted by atomic mass is 10.0. The van der Waals surface area contributed by atoms with E-state index < -0.39 is 6.36 Å². The Morgan fingerprint density at radius 3 is 2.50 bits per heavy atom. The van der Waals surface area contributed by atoms with Crippen LogP contribution < -0.4 is 9.47 Å². The number of fused-ring (bicyclic) bond motifs is 2. The van der Waals surface area contributed by atoms with Crippen LogP contribution in [0.1, 0.15) is 5.69 Å². The summed E-state index contributed by atoms with van der Waals surface area (Å²) >= 11 is 0. The molecule has 8 heteroatoms. The number of halogens is 3. The third kappa shape index (κ3) is 2.73. The van der Waals surface area contributed by atoms with Gasteiger partial charge in [-0.05, 0) is 31.2 Å². The molecule has 0 fully saturated rings. The lowest BCUT2D eigenvalue weighted by Crippen LogP contribution is -2.16. The quantitative estimate of drug-likeness (QED) is 0.545. The summed E-state index contributed by atoms with van der Waals surface area (Å²) in [6.07, 6.45) is -4.74. The van der Waals surface area contributed by atoms with Crippen molar-refractivity contribution in [3.8, 4) is 22.8 Å². The van der Waals surface area contributed by atoms with Crippen molar-refractivity contribution >= 4 is 21.9 Å². The third-order valence-electron chi connectivity index (χ3n) is 4.11. The topological polar surface area (TPSA) is 60.3 Å². The van der Waals surface area contributed by atoms with Gasteiger partial charge in [0.15, 0.2) is 5.58 Å². The van der Waals surface area contributed by atoms with Crippen LogP contribution in [0, 0.1) is 6.92 Å². The molecule has 0 atom stereocenters. The summed E-state index contributed by atoms with van der Waals surface area (Å²) in [6.45, 7) is 1.82. The van der Waals surface area contributed by atoms with E-state index in [-0.39, 0.29) is 5.75 Å². The van der Waals surface area contributed by atoms with E-state index in [1.54, 1.807) is 25.3 Å². The molecule has 0 aliphatic rings. The lowest BCUT2D eigenvalue weighted by Gasteiger charge is -2.08. The molecule has 5 nitrogen and oxygen atoms in total. The van der Waals surface area contributed by atoms with Crippen LogP contribution in [0.3, 0.4) is 0 Å². The molecule has 0 spiro atoms. The number of benzene rings is 2.